The third-order valence-corrected chi connectivity index (χ3v) is 5.71. The van der Waals surface area contributed by atoms with E-state index in [9.17, 15) is 0 Å². The molecule has 0 spiro atoms. The van der Waals surface area contributed by atoms with E-state index in [1.807, 2.05) is 31.2 Å². The molecular weight excluding hydrogens is 437 g/mol. The topological polar surface area (TPSA) is 30.5 Å². The molecule has 0 aliphatic heterocycles. The zero-order chi connectivity index (χ0) is 19.9. The minimum absolute atomic E-state index is 0.270. The van der Waals surface area contributed by atoms with Crippen LogP contribution in [-0.4, -0.2) is 6.61 Å². The fraction of sp³-hybridized carbons (Fsp3) is 0.238. The third kappa shape index (κ3) is 5.79. The molecule has 3 aromatic rings. The van der Waals surface area contributed by atoms with Crippen molar-refractivity contribution in [2.45, 2.75) is 26.6 Å². The number of hydrogen-bond donors (Lipinski definition) is 1. The van der Waals surface area contributed by atoms with Gasteiger partial charge in [-0.3, -0.25) is 0 Å². The molecule has 0 aliphatic rings. The largest absolute Gasteiger partial charge is 0.490 e. The molecule has 3 nitrogen and oxygen atoms in total. The van der Waals surface area contributed by atoms with Gasteiger partial charge in [-0.25, -0.2) is 0 Å². The molecule has 0 unspecified atom stereocenters. The summed E-state index contributed by atoms with van der Waals surface area (Å²) in [4.78, 5) is 1.29. The van der Waals surface area contributed by atoms with Crippen molar-refractivity contribution in [3.63, 3.8) is 0 Å². The Morgan fingerprint density at radius 2 is 1.82 bits per heavy atom. The monoisotopic (exact) mass is 455 g/mol. The van der Waals surface area contributed by atoms with Crippen LogP contribution >= 0.6 is 46.1 Å². The number of thiophene rings is 1. The average Bonchev–Trinajstić information content (AvgIpc) is 3.16. The lowest BCUT2D eigenvalue weighted by Gasteiger charge is -2.16. The molecule has 0 atom stereocenters. The first-order valence-electron chi connectivity index (χ1n) is 8.82. The smallest absolute Gasteiger partial charge is 0.180 e. The second-order valence-corrected chi connectivity index (χ2v) is 8.33. The number of rotatable bonds is 9. The highest BCUT2D eigenvalue weighted by molar-refractivity contribution is 7.09. The van der Waals surface area contributed by atoms with Crippen LogP contribution < -0.4 is 14.8 Å². The molecule has 0 saturated heterocycles. The summed E-state index contributed by atoms with van der Waals surface area (Å²) in [6.07, 6.45) is 0. The van der Waals surface area contributed by atoms with Crippen molar-refractivity contribution in [1.29, 1.82) is 0 Å². The molecule has 148 valence electrons. The van der Waals surface area contributed by atoms with Gasteiger partial charge in [0, 0.05) is 33.6 Å². The van der Waals surface area contributed by atoms with Gasteiger partial charge in [-0.15, -0.1) is 11.3 Å². The summed E-state index contributed by atoms with van der Waals surface area (Å²) in [5, 5.41) is 7.13. The summed E-state index contributed by atoms with van der Waals surface area (Å²) in [6.45, 7) is 4.20. The molecule has 1 aromatic heterocycles. The van der Waals surface area contributed by atoms with Crippen molar-refractivity contribution in [1.82, 2.24) is 5.32 Å². The van der Waals surface area contributed by atoms with E-state index in [-0.39, 0.29) is 6.61 Å². The highest BCUT2D eigenvalue weighted by Crippen LogP contribution is 2.37. The number of ether oxygens (including phenoxy) is 2. The van der Waals surface area contributed by atoms with Crippen molar-refractivity contribution in [2.24, 2.45) is 0 Å². The van der Waals surface area contributed by atoms with E-state index < -0.39 is 0 Å². The van der Waals surface area contributed by atoms with Gasteiger partial charge < -0.3 is 14.8 Å². The summed E-state index contributed by atoms with van der Waals surface area (Å²) in [5.74, 6) is 1.13. The molecule has 7 heteroatoms. The first kappa shape index (κ1) is 21.3. The van der Waals surface area contributed by atoms with Crippen LogP contribution in [0.25, 0.3) is 0 Å². The Hall–Kier alpha value is -1.43. The van der Waals surface area contributed by atoms with Gasteiger partial charge >= 0.3 is 0 Å². The first-order chi connectivity index (χ1) is 13.6. The second kappa shape index (κ2) is 10.4. The van der Waals surface area contributed by atoms with E-state index in [1.54, 1.807) is 23.5 Å². The Bertz CT molecular complexity index is 916. The molecule has 2 aromatic carbocycles. The van der Waals surface area contributed by atoms with E-state index in [0.717, 1.165) is 17.7 Å². The molecule has 3 rings (SSSR count). The van der Waals surface area contributed by atoms with Crippen LogP contribution in [0.4, 0.5) is 0 Å². The molecule has 0 amide bonds. The summed E-state index contributed by atoms with van der Waals surface area (Å²) < 4.78 is 11.7. The van der Waals surface area contributed by atoms with Crippen LogP contribution in [0, 0.1) is 0 Å². The van der Waals surface area contributed by atoms with Gasteiger partial charge in [0.05, 0.1) is 11.6 Å². The lowest BCUT2D eigenvalue weighted by molar-refractivity contribution is 0.269. The van der Waals surface area contributed by atoms with Crippen molar-refractivity contribution < 1.29 is 9.47 Å². The Morgan fingerprint density at radius 3 is 2.54 bits per heavy atom. The number of nitrogens with one attached hydrogen (secondary N) is 1. The Labute approximate surface area is 184 Å². The number of benzene rings is 2. The van der Waals surface area contributed by atoms with Crippen LogP contribution in [0.5, 0.6) is 11.5 Å². The van der Waals surface area contributed by atoms with E-state index >= 15 is 0 Å². The summed E-state index contributed by atoms with van der Waals surface area (Å²) in [5.41, 5.74) is 1.85. The molecular formula is C21H20Cl3NO2S. The quantitative estimate of drug-likeness (QED) is 0.377. The fourth-order valence-electron chi connectivity index (χ4n) is 2.66. The average molecular weight is 457 g/mol. The Kier molecular flexibility index (Phi) is 7.89. The lowest BCUT2D eigenvalue weighted by Crippen LogP contribution is -2.12. The lowest BCUT2D eigenvalue weighted by atomic mass is 10.2. The van der Waals surface area contributed by atoms with Crippen molar-refractivity contribution >= 4 is 46.1 Å². The van der Waals surface area contributed by atoms with Crippen LogP contribution in [0.3, 0.4) is 0 Å². The number of halogens is 3. The first-order valence-corrected chi connectivity index (χ1v) is 10.8. The second-order valence-electron chi connectivity index (χ2n) is 6.05. The standard InChI is InChI=1S/C21H20Cl3NO2S/c1-2-26-20-9-14(11-25-12-17-4-3-7-28-17)8-19(24)21(20)27-13-15-5-6-16(22)10-18(15)23/h3-10,25H,2,11-13H2,1H3. The van der Waals surface area contributed by atoms with E-state index in [2.05, 4.69) is 16.8 Å². The van der Waals surface area contributed by atoms with Crippen LogP contribution in [0.15, 0.2) is 47.8 Å². The molecule has 1 N–H and O–H groups in total. The van der Waals surface area contributed by atoms with Crippen molar-refractivity contribution in [3.8, 4) is 11.5 Å². The predicted molar refractivity (Wildman–Crippen MR) is 118 cm³/mol. The zero-order valence-corrected chi connectivity index (χ0v) is 18.4. The van der Waals surface area contributed by atoms with Gasteiger partial charge in [0.1, 0.15) is 6.61 Å². The maximum Gasteiger partial charge on any atom is 0.180 e. The van der Waals surface area contributed by atoms with Gasteiger partial charge in [-0.1, -0.05) is 46.9 Å². The SMILES string of the molecule is CCOc1cc(CNCc2cccs2)cc(Cl)c1OCc1ccc(Cl)cc1Cl. The highest BCUT2D eigenvalue weighted by Gasteiger charge is 2.14. The van der Waals surface area contributed by atoms with E-state index in [0.29, 0.717) is 39.7 Å². The maximum absolute atomic E-state index is 6.50. The van der Waals surface area contributed by atoms with Gasteiger partial charge in [-0.05, 0) is 48.2 Å². The predicted octanol–water partition coefficient (Wildman–Crippen LogP) is 6.98. The summed E-state index contributed by atoms with van der Waals surface area (Å²) in [6, 6.07) is 13.3. The van der Waals surface area contributed by atoms with Crippen LogP contribution in [-0.2, 0) is 19.7 Å². The minimum Gasteiger partial charge on any atom is -0.490 e. The van der Waals surface area contributed by atoms with Crippen LogP contribution in [0.2, 0.25) is 15.1 Å². The van der Waals surface area contributed by atoms with Gasteiger partial charge in [0.25, 0.3) is 0 Å². The van der Waals surface area contributed by atoms with Crippen molar-refractivity contribution in [2.75, 3.05) is 6.61 Å². The van der Waals surface area contributed by atoms with E-state index in [1.165, 1.54) is 4.88 Å². The summed E-state index contributed by atoms with van der Waals surface area (Å²) in [7, 11) is 0. The molecule has 0 fully saturated rings. The van der Waals surface area contributed by atoms with Crippen LogP contribution in [0.1, 0.15) is 22.9 Å². The highest BCUT2D eigenvalue weighted by atomic mass is 35.5. The summed E-state index contributed by atoms with van der Waals surface area (Å²) >= 11 is 20.4. The molecule has 1 heterocycles. The van der Waals surface area contributed by atoms with Crippen molar-refractivity contribution in [3.05, 3.63) is 78.9 Å². The molecule has 0 aliphatic carbocycles. The zero-order valence-electron chi connectivity index (χ0n) is 15.3. The van der Waals surface area contributed by atoms with Gasteiger partial charge in [0.2, 0.25) is 0 Å². The Balaban J connectivity index is 1.70. The Morgan fingerprint density at radius 1 is 0.964 bits per heavy atom. The minimum atomic E-state index is 0.270. The van der Waals surface area contributed by atoms with Gasteiger partial charge in [0.15, 0.2) is 11.5 Å². The van der Waals surface area contributed by atoms with E-state index in [4.69, 9.17) is 44.3 Å². The number of hydrogen-bond acceptors (Lipinski definition) is 4. The molecule has 0 bridgehead atoms. The molecule has 0 saturated carbocycles. The normalized spacial score (nSPS) is 10.9. The van der Waals surface area contributed by atoms with Gasteiger partial charge in [-0.2, -0.15) is 0 Å². The fourth-order valence-corrected chi connectivity index (χ4v) is 4.08. The molecule has 28 heavy (non-hydrogen) atoms. The molecule has 0 radical (unpaired) electrons. The maximum atomic E-state index is 6.50. The third-order valence-electron chi connectivity index (χ3n) is 3.96.